The van der Waals surface area contributed by atoms with E-state index in [0.717, 1.165) is 13.0 Å². The number of nitriles is 1. The molecule has 2 N–H and O–H groups in total. The number of rotatable bonds is 7. The highest BCUT2D eigenvalue weighted by Crippen LogP contribution is 2.16. The van der Waals surface area contributed by atoms with Crippen molar-refractivity contribution in [3.8, 4) is 6.07 Å². The van der Waals surface area contributed by atoms with Crippen LogP contribution in [0.3, 0.4) is 0 Å². The van der Waals surface area contributed by atoms with E-state index in [1.807, 2.05) is 29.1 Å². The third-order valence-electron chi connectivity index (χ3n) is 2.73. The Morgan fingerprint density at radius 3 is 2.94 bits per heavy atom. The number of carbonyl (C=O) groups is 1. The zero-order valence-corrected chi connectivity index (χ0v) is 10.9. The van der Waals surface area contributed by atoms with Gasteiger partial charge in [0.25, 0.3) is 0 Å². The minimum absolute atomic E-state index is 0.0575. The van der Waals surface area contributed by atoms with Crippen LogP contribution in [-0.2, 0) is 11.3 Å². The van der Waals surface area contributed by atoms with Crippen molar-refractivity contribution in [3.63, 3.8) is 0 Å². The summed E-state index contributed by atoms with van der Waals surface area (Å²) in [6, 6.07) is 4.24. The Morgan fingerprint density at radius 1 is 1.56 bits per heavy atom. The Morgan fingerprint density at radius 2 is 2.33 bits per heavy atom. The summed E-state index contributed by atoms with van der Waals surface area (Å²) in [6.45, 7) is 5.44. The van der Waals surface area contributed by atoms with E-state index in [9.17, 15) is 4.79 Å². The third kappa shape index (κ3) is 4.22. The second-order valence-electron chi connectivity index (χ2n) is 4.07. The topological polar surface area (TPSA) is 69.8 Å². The average molecular weight is 248 g/mol. The molecule has 5 nitrogen and oxygen atoms in total. The molecule has 5 heteroatoms. The van der Waals surface area contributed by atoms with E-state index in [1.165, 1.54) is 5.56 Å². The van der Waals surface area contributed by atoms with Crippen molar-refractivity contribution in [3.05, 3.63) is 24.0 Å². The van der Waals surface area contributed by atoms with Gasteiger partial charge in [-0.05, 0) is 24.6 Å². The van der Waals surface area contributed by atoms with Gasteiger partial charge in [-0.25, -0.2) is 0 Å². The van der Waals surface area contributed by atoms with Gasteiger partial charge in [-0.1, -0.05) is 13.8 Å². The van der Waals surface area contributed by atoms with Crippen LogP contribution in [0, 0.1) is 11.3 Å². The van der Waals surface area contributed by atoms with Gasteiger partial charge in [-0.15, -0.1) is 0 Å². The molecule has 1 heterocycles. The molecule has 0 saturated heterocycles. The van der Waals surface area contributed by atoms with Gasteiger partial charge in [0.05, 0.1) is 6.07 Å². The monoisotopic (exact) mass is 248 g/mol. The SMILES string of the molecule is CCNC(CC)c1ccn(CC(=O)NCC#N)c1. The average Bonchev–Trinajstić information content (AvgIpc) is 2.81. The van der Waals surface area contributed by atoms with E-state index in [0.29, 0.717) is 6.04 Å². The Hall–Kier alpha value is -1.80. The molecule has 1 amide bonds. The van der Waals surface area contributed by atoms with E-state index < -0.39 is 0 Å². The van der Waals surface area contributed by atoms with Crippen molar-refractivity contribution in [1.82, 2.24) is 15.2 Å². The summed E-state index contributed by atoms with van der Waals surface area (Å²) in [5, 5.41) is 14.3. The first-order valence-electron chi connectivity index (χ1n) is 6.24. The first kappa shape index (κ1) is 14.3. The number of hydrogen-bond donors (Lipinski definition) is 2. The Labute approximate surface area is 108 Å². The lowest BCUT2D eigenvalue weighted by Crippen LogP contribution is -2.27. The van der Waals surface area contributed by atoms with Gasteiger partial charge in [0.1, 0.15) is 13.1 Å². The standard InChI is InChI=1S/C13H20N4O/c1-3-12(15-4-2)11-5-8-17(9-11)10-13(18)16-7-6-14/h5,8-9,12,15H,3-4,7,10H2,1-2H3,(H,16,18). The fraction of sp³-hybridized carbons (Fsp3) is 0.538. The number of nitrogens with one attached hydrogen (secondary N) is 2. The molecule has 0 saturated carbocycles. The predicted octanol–water partition coefficient (Wildman–Crippen LogP) is 1.19. The minimum Gasteiger partial charge on any atom is -0.345 e. The third-order valence-corrected chi connectivity index (χ3v) is 2.73. The fourth-order valence-corrected chi connectivity index (χ4v) is 1.87. The Kier molecular flexibility index (Phi) is 5.95. The van der Waals surface area contributed by atoms with Crippen molar-refractivity contribution >= 4 is 5.91 Å². The van der Waals surface area contributed by atoms with E-state index in [-0.39, 0.29) is 19.0 Å². The lowest BCUT2D eigenvalue weighted by molar-refractivity contribution is -0.121. The summed E-state index contributed by atoms with van der Waals surface area (Å²) in [4.78, 5) is 11.4. The van der Waals surface area contributed by atoms with Crippen LogP contribution < -0.4 is 10.6 Å². The summed E-state index contributed by atoms with van der Waals surface area (Å²) < 4.78 is 1.84. The molecule has 0 spiro atoms. The molecule has 0 aromatic carbocycles. The Bertz CT molecular complexity index is 419. The van der Waals surface area contributed by atoms with Crippen LogP contribution in [-0.4, -0.2) is 23.6 Å². The van der Waals surface area contributed by atoms with Crippen LogP contribution in [0.15, 0.2) is 18.5 Å². The molecule has 1 unspecified atom stereocenters. The lowest BCUT2D eigenvalue weighted by Gasteiger charge is -2.13. The molecule has 0 fully saturated rings. The summed E-state index contributed by atoms with van der Waals surface area (Å²) in [6.07, 6.45) is 4.88. The van der Waals surface area contributed by atoms with Crippen molar-refractivity contribution in [1.29, 1.82) is 5.26 Å². The number of hydrogen-bond acceptors (Lipinski definition) is 3. The van der Waals surface area contributed by atoms with E-state index in [4.69, 9.17) is 5.26 Å². The molecular formula is C13H20N4O. The first-order valence-corrected chi connectivity index (χ1v) is 6.24. The van der Waals surface area contributed by atoms with Gasteiger partial charge in [0.15, 0.2) is 0 Å². The van der Waals surface area contributed by atoms with Crippen LogP contribution in [0.5, 0.6) is 0 Å². The van der Waals surface area contributed by atoms with Crippen LogP contribution in [0.25, 0.3) is 0 Å². The lowest BCUT2D eigenvalue weighted by atomic mass is 10.1. The van der Waals surface area contributed by atoms with E-state index in [1.54, 1.807) is 0 Å². The van der Waals surface area contributed by atoms with Crippen LogP contribution in [0.1, 0.15) is 31.9 Å². The van der Waals surface area contributed by atoms with Crippen molar-refractivity contribution < 1.29 is 4.79 Å². The molecule has 1 rings (SSSR count). The fourth-order valence-electron chi connectivity index (χ4n) is 1.87. The van der Waals surface area contributed by atoms with E-state index in [2.05, 4.69) is 24.5 Å². The van der Waals surface area contributed by atoms with Crippen LogP contribution >= 0.6 is 0 Å². The van der Waals surface area contributed by atoms with E-state index >= 15 is 0 Å². The van der Waals surface area contributed by atoms with Gasteiger partial charge < -0.3 is 15.2 Å². The zero-order valence-electron chi connectivity index (χ0n) is 10.9. The molecule has 0 bridgehead atoms. The largest absolute Gasteiger partial charge is 0.345 e. The molecule has 0 aliphatic carbocycles. The minimum atomic E-state index is -0.143. The molecule has 1 aromatic heterocycles. The van der Waals surface area contributed by atoms with Crippen molar-refractivity contribution in [2.45, 2.75) is 32.9 Å². The molecule has 0 radical (unpaired) electrons. The van der Waals surface area contributed by atoms with Gasteiger partial charge in [-0.3, -0.25) is 4.79 Å². The molecule has 1 atom stereocenters. The van der Waals surface area contributed by atoms with Gasteiger partial charge >= 0.3 is 0 Å². The molecular weight excluding hydrogens is 228 g/mol. The highest BCUT2D eigenvalue weighted by Gasteiger charge is 2.10. The molecule has 18 heavy (non-hydrogen) atoms. The van der Waals surface area contributed by atoms with Crippen molar-refractivity contribution in [2.24, 2.45) is 0 Å². The maximum Gasteiger partial charge on any atom is 0.240 e. The van der Waals surface area contributed by atoms with Crippen molar-refractivity contribution in [2.75, 3.05) is 13.1 Å². The summed E-state index contributed by atoms with van der Waals surface area (Å²) in [7, 11) is 0. The smallest absolute Gasteiger partial charge is 0.240 e. The number of nitrogens with zero attached hydrogens (tertiary/aromatic N) is 2. The number of amides is 1. The first-order chi connectivity index (χ1) is 8.71. The summed E-state index contributed by atoms with van der Waals surface area (Å²) >= 11 is 0. The zero-order chi connectivity index (χ0) is 13.4. The van der Waals surface area contributed by atoms with Gasteiger partial charge in [0.2, 0.25) is 5.91 Å². The number of carbonyl (C=O) groups excluding carboxylic acids is 1. The summed E-state index contributed by atoms with van der Waals surface area (Å²) in [5.74, 6) is -0.143. The maximum absolute atomic E-state index is 11.4. The molecule has 0 aliphatic heterocycles. The predicted molar refractivity (Wildman–Crippen MR) is 69.8 cm³/mol. The second-order valence-corrected chi connectivity index (χ2v) is 4.07. The quantitative estimate of drug-likeness (QED) is 0.712. The molecule has 1 aromatic rings. The van der Waals surface area contributed by atoms with Gasteiger partial charge in [-0.2, -0.15) is 5.26 Å². The Balaban J connectivity index is 2.57. The molecule has 98 valence electrons. The molecule has 0 aliphatic rings. The highest BCUT2D eigenvalue weighted by atomic mass is 16.1. The normalized spacial score (nSPS) is 11.8. The van der Waals surface area contributed by atoms with Gasteiger partial charge in [0, 0.05) is 18.4 Å². The highest BCUT2D eigenvalue weighted by molar-refractivity contribution is 5.75. The second kappa shape index (κ2) is 7.51. The van der Waals surface area contributed by atoms with Crippen LogP contribution in [0.4, 0.5) is 0 Å². The summed E-state index contributed by atoms with van der Waals surface area (Å²) in [5.41, 5.74) is 1.19. The van der Waals surface area contributed by atoms with Crippen LogP contribution in [0.2, 0.25) is 0 Å². The maximum atomic E-state index is 11.4. The number of aromatic nitrogens is 1.